The molecular weight excluding hydrogens is 460 g/mol. The number of carbonyl (C=O) groups excluding carboxylic acids is 2. The first-order valence-corrected chi connectivity index (χ1v) is 13.8. The largest absolute Gasteiger partial charge is 0.351 e. The third-order valence-corrected chi connectivity index (χ3v) is 8.09. The zero-order chi connectivity index (χ0) is 26.0. The molecule has 2 amide bonds. The van der Waals surface area contributed by atoms with Crippen LogP contribution in [0.15, 0.2) is 54.6 Å². The highest BCUT2D eigenvalue weighted by molar-refractivity contribution is 6.12. The summed E-state index contributed by atoms with van der Waals surface area (Å²) in [5.41, 5.74) is 4.32. The smallest absolute Gasteiger partial charge is 0.277 e. The molecule has 2 heterocycles. The second-order valence-electron chi connectivity index (χ2n) is 10.7. The first-order chi connectivity index (χ1) is 17.9. The number of fused-ring (bicyclic) bond motifs is 1. The van der Waals surface area contributed by atoms with Gasteiger partial charge in [0.15, 0.2) is 0 Å². The summed E-state index contributed by atoms with van der Waals surface area (Å²) >= 11 is 0. The number of amides is 2. The van der Waals surface area contributed by atoms with Crippen molar-refractivity contribution in [3.63, 3.8) is 0 Å². The minimum atomic E-state index is -1.10. The Kier molecular flexibility index (Phi) is 7.18. The molecule has 5 rings (SSSR count). The maximum atomic E-state index is 14.1. The number of aryl methyl sites for hydroxylation is 2. The number of aromatic nitrogens is 2. The lowest BCUT2D eigenvalue weighted by atomic mass is 9.92. The van der Waals surface area contributed by atoms with Crippen LogP contribution in [0, 0.1) is 0 Å². The van der Waals surface area contributed by atoms with Gasteiger partial charge in [-0.1, -0.05) is 75.9 Å². The lowest BCUT2D eigenvalue weighted by Crippen LogP contribution is -2.65. The minimum absolute atomic E-state index is 0.109. The second kappa shape index (κ2) is 10.5. The van der Waals surface area contributed by atoms with Gasteiger partial charge < -0.3 is 5.32 Å². The van der Waals surface area contributed by atoms with E-state index in [0.29, 0.717) is 12.2 Å². The van der Waals surface area contributed by atoms with Crippen LogP contribution in [0.2, 0.25) is 0 Å². The molecule has 6 nitrogen and oxygen atoms in total. The Morgan fingerprint density at radius 1 is 0.946 bits per heavy atom. The topological polar surface area (TPSA) is 67.2 Å². The highest BCUT2D eigenvalue weighted by Crippen LogP contribution is 2.35. The highest BCUT2D eigenvalue weighted by Gasteiger charge is 2.49. The van der Waals surface area contributed by atoms with Crippen molar-refractivity contribution >= 4 is 17.5 Å². The van der Waals surface area contributed by atoms with Gasteiger partial charge in [-0.25, -0.2) is 0 Å². The maximum Gasteiger partial charge on any atom is 0.277 e. The van der Waals surface area contributed by atoms with E-state index in [1.54, 1.807) is 9.58 Å². The summed E-state index contributed by atoms with van der Waals surface area (Å²) in [5, 5.41) is 8.13. The third kappa shape index (κ3) is 4.94. The van der Waals surface area contributed by atoms with Crippen LogP contribution in [0.25, 0.3) is 11.3 Å². The Bertz CT molecular complexity index is 1250. The molecule has 1 unspecified atom stereocenters. The zero-order valence-electron chi connectivity index (χ0n) is 22.3. The Morgan fingerprint density at radius 2 is 1.54 bits per heavy atom. The van der Waals surface area contributed by atoms with Gasteiger partial charge in [0.1, 0.15) is 11.2 Å². The van der Waals surface area contributed by atoms with Crippen LogP contribution in [-0.2, 0) is 24.2 Å². The van der Waals surface area contributed by atoms with Crippen LogP contribution in [0.3, 0.4) is 0 Å². The quantitative estimate of drug-likeness (QED) is 0.428. The number of nitrogens with zero attached hydrogens (tertiary/aromatic N) is 3. The minimum Gasteiger partial charge on any atom is -0.351 e. The Balaban J connectivity index is 1.53. The molecule has 0 saturated heterocycles. The average molecular weight is 499 g/mol. The first kappa shape index (κ1) is 25.2. The standard InChI is InChI=1S/C31H38N4O2/c1-4-22-12-16-24(17-13-22)27-20-28-29(36)35(26-18-14-23(5-2)15-19-26)31(3,21-34(28)33-27)30(37)32-25-10-8-6-7-9-11-25/h12-20,25H,4-11,21H2,1-3H3,(H,32,37). The van der Waals surface area contributed by atoms with Gasteiger partial charge in [0, 0.05) is 17.3 Å². The zero-order valence-corrected chi connectivity index (χ0v) is 22.3. The molecule has 1 aromatic heterocycles. The number of anilines is 1. The van der Waals surface area contributed by atoms with Crippen LogP contribution in [0.1, 0.15) is 80.9 Å². The van der Waals surface area contributed by atoms with Crippen molar-refractivity contribution in [2.75, 3.05) is 4.90 Å². The van der Waals surface area contributed by atoms with Gasteiger partial charge in [0.2, 0.25) is 5.91 Å². The number of hydrogen-bond acceptors (Lipinski definition) is 3. The molecule has 1 atom stereocenters. The summed E-state index contributed by atoms with van der Waals surface area (Å²) in [6.07, 6.45) is 8.57. The molecule has 1 saturated carbocycles. The molecule has 1 aliphatic carbocycles. The molecule has 2 aliphatic rings. The van der Waals surface area contributed by atoms with Crippen molar-refractivity contribution in [3.05, 3.63) is 71.4 Å². The highest BCUT2D eigenvalue weighted by atomic mass is 16.2. The molecule has 194 valence electrons. The van der Waals surface area contributed by atoms with E-state index >= 15 is 0 Å². The molecule has 3 aromatic rings. The third-order valence-electron chi connectivity index (χ3n) is 8.09. The van der Waals surface area contributed by atoms with Gasteiger partial charge >= 0.3 is 0 Å². The van der Waals surface area contributed by atoms with Crippen molar-refractivity contribution in [1.29, 1.82) is 0 Å². The van der Waals surface area contributed by atoms with Gasteiger partial charge in [-0.2, -0.15) is 5.10 Å². The van der Waals surface area contributed by atoms with Crippen LogP contribution in [-0.4, -0.2) is 33.2 Å². The van der Waals surface area contributed by atoms with Crippen molar-refractivity contribution in [3.8, 4) is 11.3 Å². The lowest BCUT2D eigenvalue weighted by Gasteiger charge is -2.43. The van der Waals surface area contributed by atoms with E-state index in [2.05, 4.69) is 43.4 Å². The van der Waals surface area contributed by atoms with Crippen LogP contribution >= 0.6 is 0 Å². The Labute approximate surface area is 220 Å². The molecule has 0 bridgehead atoms. The first-order valence-electron chi connectivity index (χ1n) is 13.8. The van der Waals surface area contributed by atoms with E-state index < -0.39 is 5.54 Å². The maximum absolute atomic E-state index is 14.1. The summed E-state index contributed by atoms with van der Waals surface area (Å²) in [6.45, 7) is 6.42. The normalized spacial score (nSPS) is 20.4. The number of benzene rings is 2. The van der Waals surface area contributed by atoms with Crippen LogP contribution in [0.4, 0.5) is 5.69 Å². The number of hydrogen-bond donors (Lipinski definition) is 1. The molecular formula is C31H38N4O2. The summed E-state index contributed by atoms with van der Waals surface area (Å²) < 4.78 is 1.73. The van der Waals surface area contributed by atoms with E-state index in [4.69, 9.17) is 5.10 Å². The molecule has 6 heteroatoms. The molecule has 0 radical (unpaired) electrons. The Hall–Kier alpha value is -3.41. The second-order valence-corrected chi connectivity index (χ2v) is 10.7. The van der Waals surface area contributed by atoms with Crippen molar-refractivity contribution in [2.45, 2.75) is 90.3 Å². The molecule has 2 aromatic carbocycles. The molecule has 1 N–H and O–H groups in total. The summed E-state index contributed by atoms with van der Waals surface area (Å²) in [4.78, 5) is 29.7. The fourth-order valence-electron chi connectivity index (χ4n) is 5.68. The molecule has 1 aliphatic heterocycles. The van der Waals surface area contributed by atoms with Crippen molar-refractivity contribution in [2.24, 2.45) is 0 Å². The van der Waals surface area contributed by atoms with Gasteiger partial charge in [-0.15, -0.1) is 0 Å². The predicted molar refractivity (Wildman–Crippen MR) is 148 cm³/mol. The van der Waals surface area contributed by atoms with E-state index in [9.17, 15) is 9.59 Å². The lowest BCUT2D eigenvalue weighted by molar-refractivity contribution is -0.127. The van der Waals surface area contributed by atoms with Gasteiger partial charge in [0.05, 0.1) is 12.2 Å². The van der Waals surface area contributed by atoms with Gasteiger partial charge in [-0.3, -0.25) is 19.2 Å². The number of rotatable bonds is 6. The average Bonchev–Trinajstić information content (AvgIpc) is 3.17. The van der Waals surface area contributed by atoms with E-state index in [0.717, 1.165) is 55.5 Å². The van der Waals surface area contributed by atoms with Gasteiger partial charge in [-0.05, 0) is 61.9 Å². The fourth-order valence-corrected chi connectivity index (χ4v) is 5.68. The van der Waals surface area contributed by atoms with Gasteiger partial charge in [0.25, 0.3) is 5.91 Å². The fraction of sp³-hybridized carbons (Fsp3) is 0.452. The summed E-state index contributed by atoms with van der Waals surface area (Å²) in [5.74, 6) is -0.305. The van der Waals surface area contributed by atoms with E-state index in [1.807, 2.05) is 37.3 Å². The number of carbonyl (C=O) groups is 2. The van der Waals surface area contributed by atoms with Crippen LogP contribution in [0.5, 0.6) is 0 Å². The summed E-state index contributed by atoms with van der Waals surface area (Å²) in [6, 6.07) is 18.3. The predicted octanol–water partition coefficient (Wildman–Crippen LogP) is 5.93. The molecule has 37 heavy (non-hydrogen) atoms. The van der Waals surface area contributed by atoms with E-state index in [-0.39, 0.29) is 17.9 Å². The van der Waals surface area contributed by atoms with Crippen LogP contribution < -0.4 is 10.2 Å². The SMILES string of the molecule is CCc1ccc(-c2cc3n(n2)CC(C)(C(=O)NC2CCCCCC2)N(c2ccc(CC)cc2)C3=O)cc1. The van der Waals surface area contributed by atoms with Crippen molar-refractivity contribution < 1.29 is 9.59 Å². The number of nitrogens with one attached hydrogen (secondary N) is 1. The molecule has 0 spiro atoms. The monoisotopic (exact) mass is 498 g/mol. The van der Waals surface area contributed by atoms with Crippen molar-refractivity contribution in [1.82, 2.24) is 15.1 Å². The van der Waals surface area contributed by atoms with E-state index in [1.165, 1.54) is 24.0 Å². The molecule has 1 fully saturated rings. The summed E-state index contributed by atoms with van der Waals surface area (Å²) in [7, 11) is 0. The Morgan fingerprint density at radius 3 is 2.14 bits per heavy atom.